The van der Waals surface area contributed by atoms with Crippen LogP contribution in [0.25, 0.3) is 5.69 Å². The van der Waals surface area contributed by atoms with Gasteiger partial charge in [0.2, 0.25) is 15.7 Å². The van der Waals surface area contributed by atoms with E-state index in [-0.39, 0.29) is 22.9 Å². The van der Waals surface area contributed by atoms with Crippen LogP contribution in [0.5, 0.6) is 5.75 Å². The summed E-state index contributed by atoms with van der Waals surface area (Å²) in [5.74, 6) is -1.10. The number of hydrogen-bond acceptors (Lipinski definition) is 7. The van der Waals surface area contributed by atoms with Gasteiger partial charge in [0.15, 0.2) is 12.4 Å². The molecule has 4 rings (SSSR count). The van der Waals surface area contributed by atoms with Crippen LogP contribution in [0, 0.1) is 0 Å². The van der Waals surface area contributed by atoms with Gasteiger partial charge >= 0.3 is 5.97 Å². The lowest BCUT2D eigenvalue weighted by Crippen LogP contribution is -2.28. The van der Waals surface area contributed by atoms with Crippen LogP contribution in [-0.2, 0) is 19.6 Å². The van der Waals surface area contributed by atoms with Crippen molar-refractivity contribution < 1.29 is 27.5 Å². The van der Waals surface area contributed by atoms with E-state index in [4.69, 9.17) is 9.47 Å². The summed E-state index contributed by atoms with van der Waals surface area (Å²) >= 11 is 0. The number of sulfonamides is 1. The van der Waals surface area contributed by atoms with Gasteiger partial charge in [-0.25, -0.2) is 17.9 Å². The van der Waals surface area contributed by atoms with Gasteiger partial charge in [-0.05, 0) is 50.1 Å². The molecule has 184 valence electrons. The Kier molecular flexibility index (Phi) is 7.47. The first kappa shape index (κ1) is 24.4. The lowest BCUT2D eigenvalue weighted by molar-refractivity contribution is -0.118. The molecular weight excluding hydrogens is 472 g/mol. The molecule has 0 saturated carbocycles. The van der Waals surface area contributed by atoms with Crippen LogP contribution in [0.2, 0.25) is 0 Å². The third kappa shape index (κ3) is 5.69. The Morgan fingerprint density at radius 2 is 1.80 bits per heavy atom. The van der Waals surface area contributed by atoms with E-state index in [1.165, 1.54) is 27.3 Å². The highest BCUT2D eigenvalue weighted by Crippen LogP contribution is 2.24. The van der Waals surface area contributed by atoms with Crippen molar-refractivity contribution >= 4 is 27.6 Å². The first-order chi connectivity index (χ1) is 16.9. The fourth-order valence-corrected chi connectivity index (χ4v) is 5.23. The molecule has 3 aromatic rings. The lowest BCUT2D eigenvalue weighted by atomic mass is 10.3. The van der Waals surface area contributed by atoms with Gasteiger partial charge in [0.05, 0.1) is 23.4 Å². The van der Waals surface area contributed by atoms with Crippen molar-refractivity contribution in [3.05, 3.63) is 66.5 Å². The van der Waals surface area contributed by atoms with E-state index in [2.05, 4.69) is 10.4 Å². The number of benzene rings is 2. The first-order valence-electron chi connectivity index (χ1n) is 11.2. The molecule has 1 fully saturated rings. The number of esters is 1. The Hall–Kier alpha value is -3.70. The second-order valence-corrected chi connectivity index (χ2v) is 9.76. The maximum Gasteiger partial charge on any atom is 0.362 e. The van der Waals surface area contributed by atoms with Crippen molar-refractivity contribution in [3.63, 3.8) is 0 Å². The van der Waals surface area contributed by atoms with Crippen LogP contribution >= 0.6 is 0 Å². The maximum absolute atomic E-state index is 12.8. The van der Waals surface area contributed by atoms with Crippen molar-refractivity contribution in [2.45, 2.75) is 24.7 Å². The molecule has 0 aliphatic carbocycles. The monoisotopic (exact) mass is 498 g/mol. The zero-order valence-electron chi connectivity index (χ0n) is 19.2. The second kappa shape index (κ2) is 10.7. The molecule has 1 N–H and O–H groups in total. The number of rotatable bonds is 9. The molecule has 0 bridgehead atoms. The number of ether oxygens (including phenoxy) is 2. The molecule has 1 aliphatic rings. The van der Waals surface area contributed by atoms with E-state index in [1.807, 2.05) is 30.3 Å². The van der Waals surface area contributed by atoms with Gasteiger partial charge in [-0.1, -0.05) is 24.3 Å². The number of nitrogens with one attached hydrogen (secondary N) is 1. The summed E-state index contributed by atoms with van der Waals surface area (Å²) in [6.07, 6.45) is 3.17. The smallest absolute Gasteiger partial charge is 0.362 e. The van der Waals surface area contributed by atoms with Crippen LogP contribution in [0.4, 0.5) is 5.69 Å². The highest BCUT2D eigenvalue weighted by Gasteiger charge is 2.27. The molecule has 10 nitrogen and oxygen atoms in total. The standard InChI is InChI=1S/C24H26N4O6S/c1-2-33-24(30)23-21(16-28(26-23)19-10-4-3-5-11-19)34-17-22(29)25-18-9-8-12-20(15-18)35(31,32)27-13-6-7-14-27/h3-5,8-12,15-16H,2,6-7,13-14,17H2,1H3,(H,25,29). The summed E-state index contributed by atoms with van der Waals surface area (Å²) in [4.78, 5) is 25.0. The van der Waals surface area contributed by atoms with Crippen molar-refractivity contribution in [2.24, 2.45) is 0 Å². The van der Waals surface area contributed by atoms with Crippen LogP contribution < -0.4 is 10.1 Å². The summed E-state index contributed by atoms with van der Waals surface area (Å²) < 4.78 is 39.1. The van der Waals surface area contributed by atoms with Gasteiger partial charge < -0.3 is 14.8 Å². The molecule has 1 amide bonds. The Morgan fingerprint density at radius 3 is 2.51 bits per heavy atom. The van der Waals surface area contributed by atoms with Gasteiger partial charge in [0.25, 0.3) is 5.91 Å². The number of carbonyl (C=O) groups excluding carboxylic acids is 2. The van der Waals surface area contributed by atoms with E-state index < -0.39 is 28.5 Å². The topological polar surface area (TPSA) is 120 Å². The predicted octanol–water partition coefficient (Wildman–Crippen LogP) is 2.85. The summed E-state index contributed by atoms with van der Waals surface area (Å²) in [7, 11) is -3.61. The third-order valence-corrected chi connectivity index (χ3v) is 7.24. The largest absolute Gasteiger partial charge is 0.480 e. The van der Waals surface area contributed by atoms with Crippen LogP contribution in [0.3, 0.4) is 0 Å². The fourth-order valence-electron chi connectivity index (χ4n) is 3.67. The van der Waals surface area contributed by atoms with Crippen LogP contribution in [-0.4, -0.2) is 60.7 Å². The lowest BCUT2D eigenvalue weighted by Gasteiger charge is -2.16. The molecular formula is C24H26N4O6S. The summed E-state index contributed by atoms with van der Waals surface area (Å²) in [6, 6.07) is 15.2. The summed E-state index contributed by atoms with van der Waals surface area (Å²) in [5.41, 5.74) is 0.972. The number of para-hydroxylation sites is 1. The second-order valence-electron chi connectivity index (χ2n) is 7.82. The van der Waals surface area contributed by atoms with Gasteiger partial charge in [-0.15, -0.1) is 0 Å². The molecule has 1 saturated heterocycles. The maximum atomic E-state index is 12.8. The molecule has 35 heavy (non-hydrogen) atoms. The molecule has 0 radical (unpaired) electrons. The molecule has 0 atom stereocenters. The van der Waals surface area contributed by atoms with E-state index in [9.17, 15) is 18.0 Å². The number of nitrogens with zero attached hydrogens (tertiary/aromatic N) is 3. The average Bonchev–Trinajstić information content (AvgIpc) is 3.55. The molecule has 0 unspecified atom stereocenters. The van der Waals surface area contributed by atoms with Crippen molar-refractivity contribution in [3.8, 4) is 11.4 Å². The van der Waals surface area contributed by atoms with Crippen LogP contribution in [0.1, 0.15) is 30.3 Å². The minimum Gasteiger partial charge on any atom is -0.480 e. The Bertz CT molecular complexity index is 1300. The zero-order chi connectivity index (χ0) is 24.8. The first-order valence-corrected chi connectivity index (χ1v) is 12.7. The van der Waals surface area contributed by atoms with Crippen molar-refractivity contribution in [1.29, 1.82) is 0 Å². The quantitative estimate of drug-likeness (QED) is 0.451. The van der Waals surface area contributed by atoms with Gasteiger partial charge in [-0.3, -0.25) is 4.79 Å². The molecule has 11 heteroatoms. The average molecular weight is 499 g/mol. The Morgan fingerprint density at radius 1 is 1.06 bits per heavy atom. The van der Waals surface area contributed by atoms with Crippen LogP contribution in [0.15, 0.2) is 65.7 Å². The fraction of sp³-hybridized carbons (Fsp3) is 0.292. The van der Waals surface area contributed by atoms with E-state index in [1.54, 1.807) is 19.1 Å². The molecule has 0 spiro atoms. The predicted molar refractivity (Wildman–Crippen MR) is 128 cm³/mol. The number of anilines is 1. The minimum absolute atomic E-state index is 0.0535. The van der Waals surface area contributed by atoms with Crippen molar-refractivity contribution in [2.75, 3.05) is 31.6 Å². The molecule has 2 heterocycles. The van der Waals surface area contributed by atoms with Gasteiger partial charge in [-0.2, -0.15) is 9.40 Å². The normalized spacial score (nSPS) is 14.0. The van der Waals surface area contributed by atoms with Gasteiger partial charge in [0.1, 0.15) is 0 Å². The minimum atomic E-state index is -3.61. The van der Waals surface area contributed by atoms with E-state index in [0.29, 0.717) is 24.5 Å². The Balaban J connectivity index is 1.46. The number of carbonyl (C=O) groups is 2. The molecule has 1 aliphatic heterocycles. The summed E-state index contributed by atoms with van der Waals surface area (Å²) in [6.45, 7) is 2.40. The SMILES string of the molecule is CCOC(=O)c1nn(-c2ccccc2)cc1OCC(=O)Nc1cccc(S(=O)(=O)N2CCCC2)c1. The highest BCUT2D eigenvalue weighted by molar-refractivity contribution is 7.89. The molecule has 2 aromatic carbocycles. The van der Waals surface area contributed by atoms with Gasteiger partial charge in [0, 0.05) is 18.8 Å². The third-order valence-electron chi connectivity index (χ3n) is 5.35. The van der Waals surface area contributed by atoms with E-state index >= 15 is 0 Å². The van der Waals surface area contributed by atoms with E-state index in [0.717, 1.165) is 12.8 Å². The number of hydrogen-bond donors (Lipinski definition) is 1. The van der Waals surface area contributed by atoms with Crippen molar-refractivity contribution in [1.82, 2.24) is 14.1 Å². The zero-order valence-corrected chi connectivity index (χ0v) is 20.0. The molecule has 1 aromatic heterocycles. The highest BCUT2D eigenvalue weighted by atomic mass is 32.2. The number of aromatic nitrogens is 2. The Labute approximate surface area is 203 Å². The summed E-state index contributed by atoms with van der Waals surface area (Å²) in [5, 5.41) is 6.89. The number of amides is 1.